The van der Waals surface area contributed by atoms with Crippen LogP contribution in [0.15, 0.2) is 48.5 Å². The number of ether oxygens (including phenoxy) is 1. The number of benzene rings is 2. The van der Waals surface area contributed by atoms with E-state index in [-0.39, 0.29) is 16.6 Å². The highest BCUT2D eigenvalue weighted by molar-refractivity contribution is 6.33. The fourth-order valence-electron chi connectivity index (χ4n) is 2.28. The number of carbonyl (C=O) groups is 2. The molecule has 0 aromatic heterocycles. The zero-order valence-electron chi connectivity index (χ0n) is 13.8. The number of esters is 1. The van der Waals surface area contributed by atoms with Crippen molar-refractivity contribution in [1.82, 2.24) is 5.32 Å². The van der Waals surface area contributed by atoms with Crippen LogP contribution in [0.2, 0.25) is 5.02 Å². The number of halogens is 2. The molecule has 0 heterocycles. The normalized spacial score (nSPS) is 11.6. The minimum Gasteiger partial charge on any atom is -0.452 e. The van der Waals surface area contributed by atoms with Gasteiger partial charge in [0.1, 0.15) is 5.82 Å². The van der Waals surface area contributed by atoms with E-state index in [0.29, 0.717) is 0 Å². The number of carbonyl (C=O) groups excluding carboxylic acids is 2. The van der Waals surface area contributed by atoms with E-state index in [1.54, 1.807) is 0 Å². The smallest absolute Gasteiger partial charge is 0.340 e. The van der Waals surface area contributed by atoms with Crippen molar-refractivity contribution in [1.29, 1.82) is 0 Å². The molecule has 0 unspecified atom stereocenters. The second-order valence-electron chi connectivity index (χ2n) is 5.69. The first-order valence-corrected chi connectivity index (χ1v) is 8.29. The highest BCUT2D eigenvalue weighted by Gasteiger charge is 2.15. The molecule has 2 rings (SSSR count). The monoisotopic (exact) mass is 363 g/mol. The highest BCUT2D eigenvalue weighted by atomic mass is 35.5. The van der Waals surface area contributed by atoms with Crippen LogP contribution in [-0.4, -0.2) is 24.5 Å². The van der Waals surface area contributed by atoms with Gasteiger partial charge in [-0.05, 0) is 43.5 Å². The Morgan fingerprint density at radius 2 is 1.92 bits per heavy atom. The summed E-state index contributed by atoms with van der Waals surface area (Å²) >= 11 is 5.78. The van der Waals surface area contributed by atoms with Gasteiger partial charge in [-0.15, -0.1) is 0 Å². The SMILES string of the molecule is C[C@@H](CCc1ccccc1)NC(=O)COC(=O)c1ccc(F)cc1Cl. The van der Waals surface area contributed by atoms with Crippen molar-refractivity contribution >= 4 is 23.5 Å². The molecular weight excluding hydrogens is 345 g/mol. The standard InChI is InChI=1S/C19H19ClFNO3/c1-13(7-8-14-5-3-2-4-6-14)22-18(23)12-25-19(24)16-10-9-15(21)11-17(16)20/h2-6,9-11,13H,7-8,12H2,1H3,(H,22,23)/t13-/m0/s1. The van der Waals surface area contributed by atoms with Crippen molar-refractivity contribution in [2.24, 2.45) is 0 Å². The van der Waals surface area contributed by atoms with Gasteiger partial charge < -0.3 is 10.1 Å². The molecule has 2 aromatic rings. The van der Waals surface area contributed by atoms with Crippen LogP contribution in [0.4, 0.5) is 4.39 Å². The lowest BCUT2D eigenvalue weighted by Crippen LogP contribution is -2.36. The molecule has 0 fully saturated rings. The third kappa shape index (κ3) is 6.19. The molecule has 2 aromatic carbocycles. The van der Waals surface area contributed by atoms with Crippen LogP contribution in [0.25, 0.3) is 0 Å². The Morgan fingerprint density at radius 3 is 2.60 bits per heavy atom. The van der Waals surface area contributed by atoms with Gasteiger partial charge in [-0.25, -0.2) is 9.18 Å². The minimum absolute atomic E-state index is 0.0213. The predicted octanol–water partition coefficient (Wildman–Crippen LogP) is 3.77. The Bertz CT molecular complexity index is 737. The average Bonchev–Trinajstić information content (AvgIpc) is 2.59. The van der Waals surface area contributed by atoms with Crippen molar-refractivity contribution in [2.45, 2.75) is 25.8 Å². The summed E-state index contributed by atoms with van der Waals surface area (Å²) in [6.45, 7) is 1.47. The van der Waals surface area contributed by atoms with Gasteiger partial charge >= 0.3 is 5.97 Å². The van der Waals surface area contributed by atoms with E-state index < -0.39 is 24.3 Å². The Hall–Kier alpha value is -2.40. The fraction of sp³-hybridized carbons (Fsp3) is 0.263. The Kier molecular flexibility index (Phi) is 6.95. The maximum Gasteiger partial charge on any atom is 0.340 e. The molecule has 25 heavy (non-hydrogen) atoms. The molecule has 0 aliphatic carbocycles. The van der Waals surface area contributed by atoms with E-state index in [9.17, 15) is 14.0 Å². The minimum atomic E-state index is -0.767. The Morgan fingerprint density at radius 1 is 1.20 bits per heavy atom. The summed E-state index contributed by atoms with van der Waals surface area (Å²) in [5, 5.41) is 2.72. The molecule has 1 amide bonds. The van der Waals surface area contributed by atoms with E-state index >= 15 is 0 Å². The van der Waals surface area contributed by atoms with Crippen LogP contribution in [0.1, 0.15) is 29.3 Å². The van der Waals surface area contributed by atoms with E-state index in [2.05, 4.69) is 5.32 Å². The second-order valence-corrected chi connectivity index (χ2v) is 6.10. The first-order valence-electron chi connectivity index (χ1n) is 7.91. The van der Waals surface area contributed by atoms with Gasteiger partial charge in [0.15, 0.2) is 6.61 Å². The van der Waals surface area contributed by atoms with E-state index in [4.69, 9.17) is 16.3 Å². The van der Waals surface area contributed by atoms with Crippen LogP contribution in [0.3, 0.4) is 0 Å². The summed E-state index contributed by atoms with van der Waals surface area (Å²) in [4.78, 5) is 23.7. The topological polar surface area (TPSA) is 55.4 Å². The van der Waals surface area contributed by atoms with Gasteiger partial charge in [-0.1, -0.05) is 41.9 Å². The molecule has 0 saturated carbocycles. The summed E-state index contributed by atoms with van der Waals surface area (Å²) in [5.74, 6) is -1.71. The zero-order chi connectivity index (χ0) is 18.2. The number of amides is 1. The molecule has 0 spiro atoms. The maximum atomic E-state index is 13.0. The number of rotatable bonds is 7. The van der Waals surface area contributed by atoms with Crippen LogP contribution in [0, 0.1) is 5.82 Å². The van der Waals surface area contributed by atoms with E-state index in [0.717, 1.165) is 25.0 Å². The number of hydrogen-bond donors (Lipinski definition) is 1. The quantitative estimate of drug-likeness (QED) is 0.762. The van der Waals surface area contributed by atoms with Crippen molar-refractivity contribution in [3.63, 3.8) is 0 Å². The van der Waals surface area contributed by atoms with Gasteiger partial charge in [0.2, 0.25) is 0 Å². The van der Waals surface area contributed by atoms with Crippen LogP contribution in [-0.2, 0) is 16.0 Å². The molecule has 0 radical (unpaired) electrons. The fourth-order valence-corrected chi connectivity index (χ4v) is 2.52. The van der Waals surface area contributed by atoms with E-state index in [1.165, 1.54) is 11.6 Å². The summed E-state index contributed by atoms with van der Waals surface area (Å²) < 4.78 is 17.9. The van der Waals surface area contributed by atoms with Gasteiger partial charge in [0.25, 0.3) is 5.91 Å². The van der Waals surface area contributed by atoms with Gasteiger partial charge in [0, 0.05) is 6.04 Å². The van der Waals surface area contributed by atoms with Gasteiger partial charge in [-0.2, -0.15) is 0 Å². The molecule has 4 nitrogen and oxygen atoms in total. The molecule has 6 heteroatoms. The Balaban J connectivity index is 1.75. The van der Waals surface area contributed by atoms with Gasteiger partial charge in [0.05, 0.1) is 10.6 Å². The molecule has 0 aliphatic rings. The molecule has 0 aliphatic heterocycles. The maximum absolute atomic E-state index is 13.0. The highest BCUT2D eigenvalue weighted by Crippen LogP contribution is 2.18. The lowest BCUT2D eigenvalue weighted by molar-refractivity contribution is -0.124. The largest absolute Gasteiger partial charge is 0.452 e. The number of hydrogen-bond acceptors (Lipinski definition) is 3. The number of nitrogens with one attached hydrogen (secondary N) is 1. The molecule has 0 bridgehead atoms. The molecule has 0 saturated heterocycles. The first kappa shape index (κ1) is 18.9. The zero-order valence-corrected chi connectivity index (χ0v) is 14.6. The van der Waals surface area contributed by atoms with Crippen molar-refractivity contribution < 1.29 is 18.7 Å². The van der Waals surface area contributed by atoms with Crippen LogP contribution in [0.5, 0.6) is 0 Å². The number of aryl methyl sites for hydroxylation is 1. The first-order chi connectivity index (χ1) is 12.0. The van der Waals surface area contributed by atoms with Gasteiger partial charge in [-0.3, -0.25) is 4.79 Å². The van der Waals surface area contributed by atoms with Crippen molar-refractivity contribution in [2.75, 3.05) is 6.61 Å². The van der Waals surface area contributed by atoms with Crippen molar-refractivity contribution in [3.05, 3.63) is 70.5 Å². The lowest BCUT2D eigenvalue weighted by atomic mass is 10.1. The molecular formula is C19H19ClFNO3. The van der Waals surface area contributed by atoms with Crippen LogP contribution < -0.4 is 5.32 Å². The Labute approximate surface area is 150 Å². The third-order valence-electron chi connectivity index (χ3n) is 3.60. The summed E-state index contributed by atoms with van der Waals surface area (Å²) in [6.07, 6.45) is 1.61. The summed E-state index contributed by atoms with van der Waals surface area (Å²) in [5.41, 5.74) is 1.22. The molecule has 132 valence electrons. The lowest BCUT2D eigenvalue weighted by Gasteiger charge is -2.14. The predicted molar refractivity (Wildman–Crippen MR) is 94.1 cm³/mol. The average molecular weight is 364 g/mol. The third-order valence-corrected chi connectivity index (χ3v) is 3.91. The van der Waals surface area contributed by atoms with Crippen molar-refractivity contribution in [3.8, 4) is 0 Å². The molecule has 1 atom stereocenters. The van der Waals surface area contributed by atoms with Crippen LogP contribution >= 0.6 is 11.6 Å². The van der Waals surface area contributed by atoms with E-state index in [1.807, 2.05) is 37.3 Å². The summed E-state index contributed by atoms with van der Waals surface area (Å²) in [6, 6.07) is 13.2. The summed E-state index contributed by atoms with van der Waals surface area (Å²) in [7, 11) is 0. The second kappa shape index (κ2) is 9.18. The molecule has 1 N–H and O–H groups in total.